The summed E-state index contributed by atoms with van der Waals surface area (Å²) in [5, 5.41) is 0.535. The maximum atomic E-state index is 12.4. The topological polar surface area (TPSA) is 55.4 Å². The Labute approximate surface area is 136 Å². The van der Waals surface area contributed by atoms with Crippen LogP contribution < -0.4 is 9.46 Å². The molecule has 6 heteroatoms. The van der Waals surface area contributed by atoms with Gasteiger partial charge in [0.2, 0.25) is 10.0 Å². The molecule has 0 fully saturated rings. The second-order valence-corrected chi connectivity index (χ2v) is 7.18. The van der Waals surface area contributed by atoms with Crippen LogP contribution in [0.15, 0.2) is 41.3 Å². The van der Waals surface area contributed by atoms with Crippen molar-refractivity contribution in [3.8, 4) is 5.75 Å². The Bertz CT molecular complexity index is 765. The summed E-state index contributed by atoms with van der Waals surface area (Å²) in [4.78, 5) is 0.218. The fraction of sp³-hybridized carbons (Fsp3) is 0.250. The van der Waals surface area contributed by atoms with Gasteiger partial charge in [-0.15, -0.1) is 0 Å². The first-order chi connectivity index (χ1) is 10.3. The zero-order valence-corrected chi connectivity index (χ0v) is 14.3. The quantitative estimate of drug-likeness (QED) is 0.907. The van der Waals surface area contributed by atoms with E-state index in [9.17, 15) is 8.42 Å². The van der Waals surface area contributed by atoms with Gasteiger partial charge in [-0.1, -0.05) is 29.8 Å². The first-order valence-corrected chi connectivity index (χ1v) is 8.59. The van der Waals surface area contributed by atoms with Crippen molar-refractivity contribution in [3.63, 3.8) is 0 Å². The highest BCUT2D eigenvalue weighted by molar-refractivity contribution is 7.89. The molecule has 22 heavy (non-hydrogen) atoms. The van der Waals surface area contributed by atoms with Crippen molar-refractivity contribution in [3.05, 3.63) is 58.1 Å². The smallest absolute Gasteiger partial charge is 0.240 e. The summed E-state index contributed by atoms with van der Waals surface area (Å²) < 4.78 is 32.7. The van der Waals surface area contributed by atoms with Crippen LogP contribution in [0.3, 0.4) is 0 Å². The molecule has 0 spiro atoms. The zero-order valence-electron chi connectivity index (χ0n) is 12.7. The number of aryl methyl sites for hydroxylation is 2. The average molecular weight is 340 g/mol. The molecule has 0 aliphatic carbocycles. The van der Waals surface area contributed by atoms with Crippen molar-refractivity contribution >= 4 is 21.6 Å². The lowest BCUT2D eigenvalue weighted by Gasteiger charge is -2.13. The largest absolute Gasteiger partial charge is 0.496 e. The maximum absolute atomic E-state index is 12.4. The van der Waals surface area contributed by atoms with Crippen LogP contribution in [-0.4, -0.2) is 15.5 Å². The lowest BCUT2D eigenvalue weighted by atomic mass is 10.1. The SMILES string of the molecule is COc1c(C)cc(S(=O)(=O)NCc2ccccc2Cl)cc1C. The molecule has 2 aromatic carbocycles. The number of halogens is 1. The van der Waals surface area contributed by atoms with Crippen LogP contribution in [0, 0.1) is 13.8 Å². The lowest BCUT2D eigenvalue weighted by molar-refractivity contribution is 0.408. The molecule has 4 nitrogen and oxygen atoms in total. The standard InChI is InChI=1S/C16H18ClNO3S/c1-11-8-14(9-12(2)16(11)21-3)22(19,20)18-10-13-6-4-5-7-15(13)17/h4-9,18H,10H2,1-3H3. The Hall–Kier alpha value is -1.56. The van der Waals surface area contributed by atoms with E-state index in [1.165, 1.54) is 0 Å². The van der Waals surface area contributed by atoms with Crippen LogP contribution in [0.5, 0.6) is 5.75 Å². The van der Waals surface area contributed by atoms with Crippen LogP contribution in [0.25, 0.3) is 0 Å². The highest BCUT2D eigenvalue weighted by Gasteiger charge is 2.17. The lowest BCUT2D eigenvalue weighted by Crippen LogP contribution is -2.23. The number of benzene rings is 2. The van der Waals surface area contributed by atoms with Crippen LogP contribution in [-0.2, 0) is 16.6 Å². The third-order valence-electron chi connectivity index (χ3n) is 3.36. The molecule has 2 aromatic rings. The predicted molar refractivity (Wildman–Crippen MR) is 87.9 cm³/mol. The number of rotatable bonds is 5. The average Bonchev–Trinajstić information content (AvgIpc) is 2.46. The van der Waals surface area contributed by atoms with E-state index < -0.39 is 10.0 Å². The normalized spacial score (nSPS) is 11.5. The van der Waals surface area contributed by atoms with Crippen LogP contribution in [0.2, 0.25) is 5.02 Å². The highest BCUT2D eigenvalue weighted by atomic mass is 35.5. The molecule has 0 amide bonds. The molecule has 2 rings (SSSR count). The summed E-state index contributed by atoms with van der Waals surface area (Å²) in [6.07, 6.45) is 0. The molecular weight excluding hydrogens is 322 g/mol. The number of hydrogen-bond acceptors (Lipinski definition) is 3. The molecule has 0 bridgehead atoms. The first kappa shape index (κ1) is 16.8. The van der Waals surface area contributed by atoms with E-state index >= 15 is 0 Å². The predicted octanol–water partition coefficient (Wildman–Crippen LogP) is 3.44. The van der Waals surface area contributed by atoms with Gasteiger partial charge in [-0.05, 0) is 48.7 Å². The molecule has 0 aliphatic heterocycles. The zero-order chi connectivity index (χ0) is 16.3. The summed E-state index contributed by atoms with van der Waals surface area (Å²) in [6, 6.07) is 10.3. The molecule has 0 saturated carbocycles. The van der Waals surface area contributed by atoms with Gasteiger partial charge in [0.15, 0.2) is 0 Å². The Balaban J connectivity index is 2.26. The summed E-state index contributed by atoms with van der Waals surface area (Å²) in [5.41, 5.74) is 2.29. The Morgan fingerprint density at radius 1 is 1.14 bits per heavy atom. The molecule has 1 N–H and O–H groups in total. The minimum Gasteiger partial charge on any atom is -0.496 e. The summed E-state index contributed by atoms with van der Waals surface area (Å²) in [6.45, 7) is 3.78. The van der Waals surface area contributed by atoms with Gasteiger partial charge < -0.3 is 4.74 Å². The van der Waals surface area contributed by atoms with Gasteiger partial charge in [0.25, 0.3) is 0 Å². The van der Waals surface area contributed by atoms with E-state index in [1.807, 2.05) is 19.9 Å². The van der Waals surface area contributed by atoms with Crippen LogP contribution >= 0.6 is 11.6 Å². The van der Waals surface area contributed by atoms with E-state index in [4.69, 9.17) is 16.3 Å². The van der Waals surface area contributed by atoms with E-state index in [1.54, 1.807) is 37.4 Å². The second kappa shape index (κ2) is 6.69. The maximum Gasteiger partial charge on any atom is 0.240 e. The van der Waals surface area contributed by atoms with Gasteiger partial charge in [-0.25, -0.2) is 13.1 Å². The molecule has 0 aromatic heterocycles. The molecule has 118 valence electrons. The Morgan fingerprint density at radius 3 is 2.27 bits per heavy atom. The number of ether oxygens (including phenoxy) is 1. The minimum absolute atomic E-state index is 0.145. The molecular formula is C16H18ClNO3S. The van der Waals surface area contributed by atoms with Gasteiger partial charge in [0.05, 0.1) is 12.0 Å². The van der Waals surface area contributed by atoms with Gasteiger partial charge in [-0.3, -0.25) is 0 Å². The molecule has 0 saturated heterocycles. The highest BCUT2D eigenvalue weighted by Crippen LogP contribution is 2.26. The number of hydrogen-bond donors (Lipinski definition) is 1. The summed E-state index contributed by atoms with van der Waals surface area (Å²) in [5.74, 6) is 0.699. The van der Waals surface area contributed by atoms with Crippen molar-refractivity contribution in [2.45, 2.75) is 25.3 Å². The monoisotopic (exact) mass is 339 g/mol. The van der Waals surface area contributed by atoms with Gasteiger partial charge in [0, 0.05) is 11.6 Å². The molecule has 0 radical (unpaired) electrons. The minimum atomic E-state index is -3.61. The fourth-order valence-electron chi connectivity index (χ4n) is 2.29. The summed E-state index contributed by atoms with van der Waals surface area (Å²) in [7, 11) is -2.04. The molecule has 0 heterocycles. The molecule has 0 atom stereocenters. The van der Waals surface area contributed by atoms with Crippen molar-refractivity contribution in [1.29, 1.82) is 0 Å². The van der Waals surface area contributed by atoms with Gasteiger partial charge in [-0.2, -0.15) is 0 Å². The Kier molecular flexibility index (Phi) is 5.11. The third kappa shape index (κ3) is 3.61. The van der Waals surface area contributed by atoms with Gasteiger partial charge in [0.1, 0.15) is 5.75 Å². The van der Waals surface area contributed by atoms with E-state index in [2.05, 4.69) is 4.72 Å². The van der Waals surface area contributed by atoms with E-state index in [-0.39, 0.29) is 11.4 Å². The van der Waals surface area contributed by atoms with Crippen molar-refractivity contribution in [2.24, 2.45) is 0 Å². The van der Waals surface area contributed by atoms with Crippen molar-refractivity contribution < 1.29 is 13.2 Å². The Morgan fingerprint density at radius 2 is 1.73 bits per heavy atom. The van der Waals surface area contributed by atoms with Gasteiger partial charge >= 0.3 is 0 Å². The van der Waals surface area contributed by atoms with Crippen molar-refractivity contribution in [1.82, 2.24) is 4.72 Å². The number of methoxy groups -OCH3 is 1. The van der Waals surface area contributed by atoms with E-state index in [0.717, 1.165) is 16.7 Å². The van der Waals surface area contributed by atoms with E-state index in [0.29, 0.717) is 10.8 Å². The molecule has 0 unspecified atom stereocenters. The number of nitrogens with one attached hydrogen (secondary N) is 1. The van der Waals surface area contributed by atoms with Crippen LogP contribution in [0.1, 0.15) is 16.7 Å². The van der Waals surface area contributed by atoms with Crippen LogP contribution in [0.4, 0.5) is 0 Å². The summed E-state index contributed by atoms with van der Waals surface area (Å²) >= 11 is 6.04. The first-order valence-electron chi connectivity index (χ1n) is 6.73. The second-order valence-electron chi connectivity index (χ2n) is 5.01. The molecule has 0 aliphatic rings. The third-order valence-corrected chi connectivity index (χ3v) is 5.11. The fourth-order valence-corrected chi connectivity index (χ4v) is 3.66. The number of sulfonamides is 1. The van der Waals surface area contributed by atoms with Crippen molar-refractivity contribution in [2.75, 3.05) is 7.11 Å².